The summed E-state index contributed by atoms with van der Waals surface area (Å²) in [5, 5.41) is 7.26. The predicted molar refractivity (Wildman–Crippen MR) is 113 cm³/mol. The van der Waals surface area contributed by atoms with Crippen LogP contribution in [0.5, 0.6) is 0 Å². The minimum absolute atomic E-state index is 0.0433. The van der Waals surface area contributed by atoms with Gasteiger partial charge in [0.1, 0.15) is 0 Å². The van der Waals surface area contributed by atoms with E-state index in [1.807, 2.05) is 66.9 Å². The summed E-state index contributed by atoms with van der Waals surface area (Å²) in [4.78, 5) is 13.2. The molecule has 1 aliphatic rings. The van der Waals surface area contributed by atoms with E-state index in [0.717, 1.165) is 18.4 Å². The lowest BCUT2D eigenvalue weighted by Crippen LogP contribution is -2.61. The van der Waals surface area contributed by atoms with E-state index in [9.17, 15) is 4.79 Å². The van der Waals surface area contributed by atoms with Crippen LogP contribution in [-0.4, -0.2) is 22.9 Å². The van der Waals surface area contributed by atoms with E-state index in [4.69, 9.17) is 0 Å². The molecule has 3 rings (SSSR count). The normalized spacial score (nSPS) is 19.5. The van der Waals surface area contributed by atoms with Crippen molar-refractivity contribution in [2.45, 2.75) is 57.7 Å². The summed E-state index contributed by atoms with van der Waals surface area (Å²) >= 11 is 0. The molecular weight excluding hydrogens is 332 g/mol. The Morgan fingerprint density at radius 1 is 0.889 bits per heavy atom. The second-order valence-electron chi connectivity index (χ2n) is 8.78. The Balaban J connectivity index is 1.88. The molecule has 27 heavy (non-hydrogen) atoms. The zero-order valence-corrected chi connectivity index (χ0v) is 16.8. The van der Waals surface area contributed by atoms with Gasteiger partial charge in [0, 0.05) is 34.5 Å². The number of Topliss-reactive ketones (excluding diaryl/α,β-unsaturated/α-hetero) is 1. The molecule has 1 fully saturated rings. The fourth-order valence-electron chi connectivity index (χ4n) is 4.28. The zero-order chi connectivity index (χ0) is 19.5. The summed E-state index contributed by atoms with van der Waals surface area (Å²) in [5.41, 5.74) is 2.47. The van der Waals surface area contributed by atoms with Crippen molar-refractivity contribution in [1.82, 2.24) is 10.6 Å². The molecule has 0 atom stereocenters. The third-order valence-electron chi connectivity index (χ3n) is 5.02. The SMILES string of the molecule is CC1(C)CC(NC=C(C(=O)c2ccccc2)c2ccccc2)CC(C)(C)N1. The first-order chi connectivity index (χ1) is 12.8. The molecule has 0 unspecified atom stereocenters. The molecule has 3 heteroatoms. The van der Waals surface area contributed by atoms with Gasteiger partial charge in [-0.1, -0.05) is 60.7 Å². The lowest BCUT2D eigenvalue weighted by Gasteiger charge is -2.46. The zero-order valence-electron chi connectivity index (χ0n) is 16.8. The fraction of sp³-hybridized carbons (Fsp3) is 0.375. The third kappa shape index (κ3) is 5.08. The van der Waals surface area contributed by atoms with E-state index in [0.29, 0.717) is 17.2 Å². The van der Waals surface area contributed by atoms with Crippen LogP contribution in [0.15, 0.2) is 66.9 Å². The molecule has 142 valence electrons. The Morgan fingerprint density at radius 3 is 1.89 bits per heavy atom. The summed E-state index contributed by atoms with van der Waals surface area (Å²) in [6.45, 7) is 8.94. The number of benzene rings is 2. The molecule has 0 radical (unpaired) electrons. The Labute approximate surface area is 162 Å². The van der Waals surface area contributed by atoms with Crippen LogP contribution in [0, 0.1) is 0 Å². The van der Waals surface area contributed by atoms with Crippen molar-refractivity contribution < 1.29 is 4.79 Å². The topological polar surface area (TPSA) is 41.1 Å². The van der Waals surface area contributed by atoms with E-state index in [1.54, 1.807) is 0 Å². The van der Waals surface area contributed by atoms with Crippen LogP contribution < -0.4 is 10.6 Å². The van der Waals surface area contributed by atoms with Gasteiger partial charge in [-0.05, 0) is 46.1 Å². The van der Waals surface area contributed by atoms with E-state index < -0.39 is 0 Å². The van der Waals surface area contributed by atoms with Crippen LogP contribution in [0.1, 0.15) is 56.5 Å². The number of hydrogen-bond acceptors (Lipinski definition) is 3. The molecule has 2 aromatic carbocycles. The molecule has 0 aliphatic carbocycles. The molecule has 2 aromatic rings. The first kappa shape index (κ1) is 19.4. The quantitative estimate of drug-likeness (QED) is 0.592. The summed E-state index contributed by atoms with van der Waals surface area (Å²) in [7, 11) is 0. The first-order valence-corrected chi connectivity index (χ1v) is 9.67. The number of rotatable bonds is 5. The highest BCUT2D eigenvalue weighted by atomic mass is 16.1. The highest BCUT2D eigenvalue weighted by Gasteiger charge is 2.37. The van der Waals surface area contributed by atoms with Gasteiger partial charge in [-0.25, -0.2) is 0 Å². The third-order valence-corrected chi connectivity index (χ3v) is 5.02. The smallest absolute Gasteiger partial charge is 0.195 e. The number of hydrogen-bond donors (Lipinski definition) is 2. The van der Waals surface area contributed by atoms with Gasteiger partial charge >= 0.3 is 0 Å². The average Bonchev–Trinajstić information content (AvgIpc) is 2.61. The maximum absolute atomic E-state index is 13.2. The number of piperidine rings is 1. The number of carbonyl (C=O) groups excluding carboxylic acids is 1. The van der Waals surface area contributed by atoms with Gasteiger partial charge in [-0.15, -0.1) is 0 Å². The molecule has 1 heterocycles. The molecule has 0 aromatic heterocycles. The largest absolute Gasteiger partial charge is 0.387 e. The highest BCUT2D eigenvalue weighted by molar-refractivity contribution is 6.28. The molecule has 2 N–H and O–H groups in total. The monoisotopic (exact) mass is 362 g/mol. The van der Waals surface area contributed by atoms with Crippen LogP contribution in [0.2, 0.25) is 0 Å². The first-order valence-electron chi connectivity index (χ1n) is 9.67. The Morgan fingerprint density at radius 2 is 1.37 bits per heavy atom. The van der Waals surface area contributed by atoms with Crippen LogP contribution in [0.3, 0.4) is 0 Å². The van der Waals surface area contributed by atoms with Crippen LogP contribution in [-0.2, 0) is 0 Å². The van der Waals surface area contributed by atoms with Crippen molar-refractivity contribution in [3.8, 4) is 0 Å². The number of nitrogens with one attached hydrogen (secondary N) is 2. The van der Waals surface area contributed by atoms with E-state index >= 15 is 0 Å². The van der Waals surface area contributed by atoms with Gasteiger partial charge in [0.05, 0.1) is 0 Å². The fourth-order valence-corrected chi connectivity index (χ4v) is 4.28. The molecule has 1 saturated heterocycles. The number of ketones is 1. The van der Waals surface area contributed by atoms with E-state index in [-0.39, 0.29) is 16.9 Å². The number of carbonyl (C=O) groups is 1. The number of allylic oxidation sites excluding steroid dienone is 1. The van der Waals surface area contributed by atoms with Crippen molar-refractivity contribution in [3.63, 3.8) is 0 Å². The molecule has 1 aliphatic heterocycles. The van der Waals surface area contributed by atoms with Crippen molar-refractivity contribution in [3.05, 3.63) is 78.0 Å². The molecule has 3 nitrogen and oxygen atoms in total. The van der Waals surface area contributed by atoms with Gasteiger partial charge < -0.3 is 10.6 Å². The lowest BCUT2D eigenvalue weighted by atomic mass is 9.79. The van der Waals surface area contributed by atoms with E-state index in [2.05, 4.69) is 38.3 Å². The van der Waals surface area contributed by atoms with Gasteiger partial charge in [-0.2, -0.15) is 0 Å². The maximum Gasteiger partial charge on any atom is 0.195 e. The average molecular weight is 363 g/mol. The minimum Gasteiger partial charge on any atom is -0.387 e. The van der Waals surface area contributed by atoms with Crippen LogP contribution in [0.25, 0.3) is 5.57 Å². The Bertz CT molecular complexity index is 791. The lowest BCUT2D eigenvalue weighted by molar-refractivity contribution is 0.105. The predicted octanol–water partition coefficient (Wildman–Crippen LogP) is 4.81. The Hall–Kier alpha value is -2.39. The van der Waals surface area contributed by atoms with Crippen LogP contribution >= 0.6 is 0 Å². The van der Waals surface area contributed by atoms with Gasteiger partial charge in [-0.3, -0.25) is 4.79 Å². The van der Waals surface area contributed by atoms with Crippen molar-refractivity contribution in [2.24, 2.45) is 0 Å². The Kier molecular flexibility index (Phi) is 5.52. The second kappa shape index (κ2) is 7.69. The summed E-state index contributed by atoms with van der Waals surface area (Å²) in [6, 6.07) is 19.7. The summed E-state index contributed by atoms with van der Waals surface area (Å²) < 4.78 is 0. The molecule has 0 saturated carbocycles. The van der Waals surface area contributed by atoms with Crippen LogP contribution in [0.4, 0.5) is 0 Å². The second-order valence-corrected chi connectivity index (χ2v) is 8.78. The van der Waals surface area contributed by atoms with Crippen molar-refractivity contribution >= 4 is 11.4 Å². The maximum atomic E-state index is 13.2. The highest BCUT2D eigenvalue weighted by Crippen LogP contribution is 2.29. The molecule has 0 spiro atoms. The van der Waals surface area contributed by atoms with E-state index in [1.165, 1.54) is 0 Å². The van der Waals surface area contributed by atoms with Gasteiger partial charge in [0.15, 0.2) is 5.78 Å². The molecule has 0 amide bonds. The molecular formula is C24H30N2O. The molecule has 0 bridgehead atoms. The standard InChI is InChI=1S/C24H30N2O/c1-23(2)15-20(16-24(3,4)26-23)25-17-21(18-11-7-5-8-12-18)22(27)19-13-9-6-10-14-19/h5-14,17,20,25-26H,15-16H2,1-4H3. The van der Waals surface area contributed by atoms with Crippen molar-refractivity contribution in [2.75, 3.05) is 0 Å². The minimum atomic E-state index is 0.0433. The summed E-state index contributed by atoms with van der Waals surface area (Å²) in [6.07, 6.45) is 3.94. The van der Waals surface area contributed by atoms with Crippen molar-refractivity contribution in [1.29, 1.82) is 0 Å². The summed E-state index contributed by atoms with van der Waals surface area (Å²) in [5.74, 6) is 0.0433. The van der Waals surface area contributed by atoms with Gasteiger partial charge in [0.2, 0.25) is 0 Å². The van der Waals surface area contributed by atoms with Gasteiger partial charge in [0.25, 0.3) is 0 Å².